The molecule has 2 heterocycles. The van der Waals surface area contributed by atoms with Gasteiger partial charge in [-0.05, 0) is 182 Å². The Balaban J connectivity index is 0.759. The molecule has 0 aliphatic heterocycles. The molecule has 0 fully saturated rings. The lowest BCUT2D eigenvalue weighted by Gasteiger charge is -2.26. The van der Waals surface area contributed by atoms with E-state index in [-0.39, 0.29) is 0 Å². The van der Waals surface area contributed by atoms with E-state index in [0.29, 0.717) is 11.8 Å². The normalized spacial score (nSPS) is 11.5. The zero-order valence-electron chi connectivity index (χ0n) is 40.0. The minimum absolute atomic E-state index is 0.600. The fourth-order valence-corrected chi connectivity index (χ4v) is 10.2. The Bertz CT molecular complexity index is 4230. The first-order valence-electron chi connectivity index (χ1n) is 24.8. The number of fused-ring (bicyclic) bond motifs is 5. The third-order valence-electron chi connectivity index (χ3n) is 14.0. The SMILES string of the molecule is c1ccc(-c2ccc(N(c3ccc(-c4nc5cc6ccccc6cc5o4)cc3)c3ccc4cc(-c5ccc(N(c6ccccc6)c6ccc(-c7nc8cc9ccccc9cc8o7)cc6)cc5)ccc4c3)cc2)cc1. The van der Waals surface area contributed by atoms with Gasteiger partial charge in [0.05, 0.1) is 0 Å². The van der Waals surface area contributed by atoms with Gasteiger partial charge >= 0.3 is 0 Å². The number of aromatic nitrogens is 2. The molecule has 0 saturated carbocycles. The predicted molar refractivity (Wildman–Crippen MR) is 305 cm³/mol. The van der Waals surface area contributed by atoms with E-state index in [9.17, 15) is 0 Å². The zero-order chi connectivity index (χ0) is 49.0. The van der Waals surface area contributed by atoms with E-state index >= 15 is 0 Å². The summed E-state index contributed by atoms with van der Waals surface area (Å²) in [5.74, 6) is 1.20. The number of oxazole rings is 2. The van der Waals surface area contributed by atoms with Crippen LogP contribution in [0.25, 0.3) is 99.7 Å². The first kappa shape index (κ1) is 42.8. The van der Waals surface area contributed by atoms with Crippen molar-refractivity contribution in [2.45, 2.75) is 0 Å². The molecule has 0 N–H and O–H groups in total. The average molecular weight is 949 g/mol. The summed E-state index contributed by atoms with van der Waals surface area (Å²) in [5.41, 5.74) is 16.0. The van der Waals surface area contributed by atoms with Crippen LogP contribution in [0.5, 0.6) is 0 Å². The highest BCUT2D eigenvalue weighted by molar-refractivity contribution is 5.97. The van der Waals surface area contributed by atoms with E-state index in [1.165, 1.54) is 11.1 Å². The maximum Gasteiger partial charge on any atom is 0.227 e. The molecule has 14 aromatic rings. The van der Waals surface area contributed by atoms with Crippen LogP contribution in [0.2, 0.25) is 0 Å². The van der Waals surface area contributed by atoms with Gasteiger partial charge in [0.1, 0.15) is 11.0 Å². The summed E-state index contributed by atoms with van der Waals surface area (Å²) in [5, 5.41) is 6.86. The van der Waals surface area contributed by atoms with Crippen molar-refractivity contribution in [1.29, 1.82) is 0 Å². The lowest BCUT2D eigenvalue weighted by atomic mass is 10.00. The summed E-state index contributed by atoms with van der Waals surface area (Å²) >= 11 is 0. The largest absolute Gasteiger partial charge is 0.436 e. The standard InChI is InChI=1S/C68H44N4O2/c1-3-11-45(12-4-1)46-21-30-60(31-22-46)72(61-36-27-49(28-37-61)68-70-64-42-51-14-8-10-16-53(51)44-66(64)74-68)62-38-29-55-39-54(19-20-56(55)40-62)47-23-32-58(33-24-47)71(57-17-5-2-6-18-57)59-34-25-48(26-35-59)67-69-63-41-50-13-7-9-15-52(50)43-65(63)73-67/h1-44H. The predicted octanol–water partition coefficient (Wildman–Crippen LogP) is 19.0. The summed E-state index contributed by atoms with van der Waals surface area (Å²) in [6.45, 7) is 0. The smallest absolute Gasteiger partial charge is 0.227 e. The molecule has 0 aliphatic carbocycles. The third-order valence-corrected chi connectivity index (χ3v) is 14.0. The second-order valence-corrected chi connectivity index (χ2v) is 18.7. The molecule has 0 unspecified atom stereocenters. The van der Waals surface area contributed by atoms with E-state index < -0.39 is 0 Å². The van der Waals surface area contributed by atoms with E-state index in [4.69, 9.17) is 18.8 Å². The first-order chi connectivity index (χ1) is 36.6. The third kappa shape index (κ3) is 7.97. The molecule has 348 valence electrons. The number of benzene rings is 12. The summed E-state index contributed by atoms with van der Waals surface area (Å²) in [6.07, 6.45) is 0. The Labute approximate surface area is 427 Å². The van der Waals surface area contributed by atoms with Gasteiger partial charge in [-0.15, -0.1) is 0 Å². The van der Waals surface area contributed by atoms with Crippen LogP contribution in [0, 0.1) is 0 Å². The van der Waals surface area contributed by atoms with Crippen LogP contribution in [0.1, 0.15) is 0 Å². The number of para-hydroxylation sites is 1. The van der Waals surface area contributed by atoms with Crippen molar-refractivity contribution < 1.29 is 8.83 Å². The number of hydrogen-bond donors (Lipinski definition) is 0. The molecule has 0 spiro atoms. The summed E-state index contributed by atoms with van der Waals surface area (Å²) < 4.78 is 12.6. The Hall–Kier alpha value is -10.0. The summed E-state index contributed by atoms with van der Waals surface area (Å²) in [7, 11) is 0. The van der Waals surface area contributed by atoms with Gasteiger partial charge in [0.25, 0.3) is 0 Å². The Kier molecular flexibility index (Phi) is 10.4. The van der Waals surface area contributed by atoms with Gasteiger partial charge in [0, 0.05) is 45.3 Å². The second kappa shape index (κ2) is 18.0. The highest BCUT2D eigenvalue weighted by Crippen LogP contribution is 2.41. The lowest BCUT2D eigenvalue weighted by molar-refractivity contribution is 0.620. The topological polar surface area (TPSA) is 58.5 Å². The van der Waals surface area contributed by atoms with Crippen LogP contribution in [0.4, 0.5) is 34.1 Å². The van der Waals surface area contributed by atoms with Crippen molar-refractivity contribution in [3.8, 4) is 45.2 Å². The minimum Gasteiger partial charge on any atom is -0.436 e. The molecule has 0 aliphatic rings. The van der Waals surface area contributed by atoms with Gasteiger partial charge in [-0.1, -0.05) is 140 Å². The van der Waals surface area contributed by atoms with Crippen molar-refractivity contribution in [1.82, 2.24) is 9.97 Å². The summed E-state index contributed by atoms with van der Waals surface area (Å²) in [6, 6.07) is 93.9. The van der Waals surface area contributed by atoms with Crippen LogP contribution in [-0.2, 0) is 0 Å². The zero-order valence-corrected chi connectivity index (χ0v) is 40.0. The van der Waals surface area contributed by atoms with Crippen LogP contribution < -0.4 is 9.80 Å². The maximum absolute atomic E-state index is 6.33. The fraction of sp³-hybridized carbons (Fsp3) is 0. The molecule has 0 atom stereocenters. The number of rotatable bonds is 10. The van der Waals surface area contributed by atoms with Crippen LogP contribution >= 0.6 is 0 Å². The average Bonchev–Trinajstić information content (AvgIpc) is 4.09. The highest BCUT2D eigenvalue weighted by atomic mass is 16.4. The van der Waals surface area contributed by atoms with Crippen molar-refractivity contribution in [2.75, 3.05) is 9.80 Å². The van der Waals surface area contributed by atoms with E-state index in [2.05, 4.69) is 252 Å². The monoisotopic (exact) mass is 948 g/mol. The molecule has 14 rings (SSSR count). The van der Waals surface area contributed by atoms with E-state index in [0.717, 1.165) is 111 Å². The van der Waals surface area contributed by atoms with Crippen molar-refractivity contribution in [3.05, 3.63) is 267 Å². The van der Waals surface area contributed by atoms with E-state index in [1.54, 1.807) is 0 Å². The number of hydrogen-bond acceptors (Lipinski definition) is 6. The van der Waals surface area contributed by atoms with Gasteiger partial charge in [-0.3, -0.25) is 0 Å². The molecule has 12 aromatic carbocycles. The van der Waals surface area contributed by atoms with Gasteiger partial charge in [-0.2, -0.15) is 0 Å². The molecule has 0 radical (unpaired) electrons. The molecule has 6 nitrogen and oxygen atoms in total. The first-order valence-corrected chi connectivity index (χ1v) is 24.8. The number of nitrogens with zero attached hydrogens (tertiary/aromatic N) is 4. The van der Waals surface area contributed by atoms with Gasteiger partial charge in [0.2, 0.25) is 11.8 Å². The van der Waals surface area contributed by atoms with Crippen LogP contribution in [0.15, 0.2) is 276 Å². The van der Waals surface area contributed by atoms with Crippen molar-refractivity contribution >= 4 is 88.6 Å². The quantitative estimate of drug-likeness (QED) is 0.136. The fourth-order valence-electron chi connectivity index (χ4n) is 10.2. The van der Waals surface area contributed by atoms with Crippen molar-refractivity contribution in [2.24, 2.45) is 0 Å². The molecule has 0 bridgehead atoms. The van der Waals surface area contributed by atoms with Gasteiger partial charge < -0.3 is 18.6 Å². The van der Waals surface area contributed by atoms with E-state index in [1.807, 2.05) is 24.3 Å². The molecule has 6 heteroatoms. The molecular weight excluding hydrogens is 905 g/mol. The Morgan fingerprint density at radius 2 is 0.554 bits per heavy atom. The summed E-state index contributed by atoms with van der Waals surface area (Å²) in [4.78, 5) is 14.4. The van der Waals surface area contributed by atoms with Crippen LogP contribution in [-0.4, -0.2) is 9.97 Å². The lowest BCUT2D eigenvalue weighted by Crippen LogP contribution is -2.10. The van der Waals surface area contributed by atoms with Gasteiger partial charge in [0.15, 0.2) is 11.2 Å². The second-order valence-electron chi connectivity index (χ2n) is 18.7. The minimum atomic E-state index is 0.600. The number of anilines is 6. The molecular formula is C68H44N4O2. The van der Waals surface area contributed by atoms with Crippen LogP contribution in [0.3, 0.4) is 0 Å². The highest BCUT2D eigenvalue weighted by Gasteiger charge is 2.18. The van der Waals surface area contributed by atoms with Gasteiger partial charge in [-0.25, -0.2) is 9.97 Å². The molecule has 74 heavy (non-hydrogen) atoms. The van der Waals surface area contributed by atoms with Crippen molar-refractivity contribution in [3.63, 3.8) is 0 Å². The molecule has 0 amide bonds. The Morgan fingerprint density at radius 3 is 1.05 bits per heavy atom. The molecule has 2 aromatic heterocycles. The Morgan fingerprint density at radius 1 is 0.230 bits per heavy atom. The maximum atomic E-state index is 6.33. The molecule has 0 saturated heterocycles.